The van der Waals surface area contributed by atoms with E-state index in [2.05, 4.69) is 25.2 Å². The zero-order valence-corrected chi connectivity index (χ0v) is 26.6. The largest absolute Gasteiger partial charge is 0.461 e. The van der Waals surface area contributed by atoms with Gasteiger partial charge in [-0.2, -0.15) is 9.97 Å². The number of alkyl carbamates (subject to hydrolysis) is 1. The summed E-state index contributed by atoms with van der Waals surface area (Å²) in [6.07, 6.45) is 0.934. The molecule has 2 aromatic carbocycles. The minimum absolute atomic E-state index is 0. The van der Waals surface area contributed by atoms with Crippen molar-refractivity contribution in [3.05, 3.63) is 53.7 Å². The summed E-state index contributed by atoms with van der Waals surface area (Å²) < 4.78 is 74.0. The van der Waals surface area contributed by atoms with Crippen LogP contribution in [0.1, 0.15) is 46.0 Å². The number of benzene rings is 2. The van der Waals surface area contributed by atoms with Crippen molar-refractivity contribution < 1.29 is 33.3 Å². The standard InChI is InChI=1S/C35H36F4N6O3.H2/c1-34-13-21(36)16-44(18-34)31-25-15-40-29(24-6-2-5-20-8-9-26(38)23(27(20)24)7-3-12-47-33(46)43-34)28(39)30(25)41-32(42-31)48-19-35-10-4-11-45(35)17-22(37)14-35;/h2,5-6,8-9,15,21-22H,3-4,7,10-14,16-19H2,1H3,(H,43,46);1H/t21-,22+,34-,35-;/m0./s1. The minimum atomic E-state index is -1.36. The van der Waals surface area contributed by atoms with Crippen LogP contribution in [0.5, 0.6) is 6.01 Å². The maximum Gasteiger partial charge on any atom is 0.407 e. The van der Waals surface area contributed by atoms with Crippen molar-refractivity contribution in [3.63, 3.8) is 0 Å². The summed E-state index contributed by atoms with van der Waals surface area (Å²) in [5.41, 5.74) is -0.969. The highest BCUT2D eigenvalue weighted by Gasteiger charge is 2.49. The highest BCUT2D eigenvalue weighted by molar-refractivity contribution is 6.01. The third-order valence-corrected chi connectivity index (χ3v) is 10.4. The van der Waals surface area contributed by atoms with E-state index in [-0.39, 0.29) is 69.0 Å². The zero-order chi connectivity index (χ0) is 33.2. The Bertz CT molecular complexity index is 1940. The van der Waals surface area contributed by atoms with Crippen LogP contribution in [0.15, 0.2) is 36.5 Å². The topological polar surface area (TPSA) is 92.7 Å². The fraction of sp³-hybridized carbons (Fsp3) is 0.486. The fourth-order valence-corrected chi connectivity index (χ4v) is 8.32. The SMILES string of the molecule is C[C@]12C[C@H](F)CN(C1)c1nc(OC[C@@]34CCCN3C[C@H](F)C4)nc3c(F)c(ncc13)-c1cccc3ccc(F)c(c13)CCCOC(=O)N2.[HH]. The number of aryl methyl sites for hydroxylation is 1. The first kappa shape index (κ1) is 31.0. The number of hydrogen-bond acceptors (Lipinski definition) is 8. The van der Waals surface area contributed by atoms with Crippen LogP contribution in [0.3, 0.4) is 0 Å². The number of alkyl halides is 2. The Morgan fingerprint density at radius 2 is 1.96 bits per heavy atom. The molecule has 1 N–H and O–H groups in total. The Labute approximate surface area is 276 Å². The molecule has 6 bridgehead atoms. The number of anilines is 1. The summed E-state index contributed by atoms with van der Waals surface area (Å²) in [5.74, 6) is -1.03. The molecule has 7 heterocycles. The molecule has 4 aromatic rings. The summed E-state index contributed by atoms with van der Waals surface area (Å²) in [6, 6.07) is 8.13. The fourth-order valence-electron chi connectivity index (χ4n) is 8.32. The van der Waals surface area contributed by atoms with Gasteiger partial charge in [-0.15, -0.1) is 0 Å². The highest BCUT2D eigenvalue weighted by Crippen LogP contribution is 2.42. The average Bonchev–Trinajstić information content (AvgIpc) is 3.57. The zero-order valence-electron chi connectivity index (χ0n) is 26.6. The third-order valence-electron chi connectivity index (χ3n) is 10.4. The van der Waals surface area contributed by atoms with E-state index in [9.17, 15) is 9.18 Å². The lowest BCUT2D eigenvalue weighted by atomic mass is 9.90. The summed E-state index contributed by atoms with van der Waals surface area (Å²) in [5, 5.41) is 4.23. The number of rotatable bonds is 3. The highest BCUT2D eigenvalue weighted by atomic mass is 19.1. The van der Waals surface area contributed by atoms with Crippen molar-refractivity contribution in [2.45, 2.75) is 68.9 Å². The maximum atomic E-state index is 16.9. The Hall–Kier alpha value is -4.26. The van der Waals surface area contributed by atoms with Gasteiger partial charge in [-0.1, -0.05) is 24.3 Å². The molecule has 0 unspecified atom stereocenters. The first-order chi connectivity index (χ1) is 23.1. The monoisotopic (exact) mass is 666 g/mol. The first-order valence-corrected chi connectivity index (χ1v) is 16.5. The van der Waals surface area contributed by atoms with Crippen molar-refractivity contribution in [2.75, 3.05) is 44.3 Å². The van der Waals surface area contributed by atoms with E-state index in [4.69, 9.17) is 9.47 Å². The lowest BCUT2D eigenvalue weighted by Crippen LogP contribution is -2.60. The number of pyridine rings is 1. The van der Waals surface area contributed by atoms with Crippen molar-refractivity contribution in [2.24, 2.45) is 0 Å². The number of piperidine rings is 1. The van der Waals surface area contributed by atoms with Gasteiger partial charge in [-0.3, -0.25) is 9.88 Å². The number of hydrogen-bond donors (Lipinski definition) is 1. The summed E-state index contributed by atoms with van der Waals surface area (Å²) in [7, 11) is 0. The molecule has 5 aliphatic heterocycles. The summed E-state index contributed by atoms with van der Waals surface area (Å²) >= 11 is 0. The van der Waals surface area contributed by atoms with E-state index in [0.29, 0.717) is 41.3 Å². The number of ether oxygens (including phenoxy) is 2. The molecule has 0 saturated carbocycles. The lowest BCUT2D eigenvalue weighted by Gasteiger charge is -2.42. The van der Waals surface area contributed by atoms with Gasteiger partial charge in [0.25, 0.3) is 0 Å². The van der Waals surface area contributed by atoms with Gasteiger partial charge in [-0.05, 0) is 61.6 Å². The van der Waals surface area contributed by atoms with Crippen LogP contribution in [0.4, 0.5) is 28.2 Å². The molecule has 254 valence electrons. The van der Waals surface area contributed by atoms with E-state index in [0.717, 1.165) is 19.4 Å². The van der Waals surface area contributed by atoms with Crippen LogP contribution in [-0.4, -0.2) is 88.8 Å². The molecule has 13 heteroatoms. The molecule has 0 radical (unpaired) electrons. The van der Waals surface area contributed by atoms with E-state index < -0.39 is 41.1 Å². The first-order valence-electron chi connectivity index (χ1n) is 16.5. The second-order valence-electron chi connectivity index (χ2n) is 13.9. The Morgan fingerprint density at radius 3 is 2.83 bits per heavy atom. The molecular formula is C35H38F4N6O3. The number of amides is 1. The molecular weight excluding hydrogens is 628 g/mol. The van der Waals surface area contributed by atoms with Gasteiger partial charge >= 0.3 is 12.1 Å². The predicted octanol–water partition coefficient (Wildman–Crippen LogP) is 6.30. The van der Waals surface area contributed by atoms with Gasteiger partial charge in [0, 0.05) is 39.1 Å². The van der Waals surface area contributed by atoms with Crippen molar-refractivity contribution in [1.82, 2.24) is 25.2 Å². The molecule has 0 aliphatic carbocycles. The molecule has 5 aliphatic rings. The molecule has 9 nitrogen and oxygen atoms in total. The van der Waals surface area contributed by atoms with Crippen LogP contribution >= 0.6 is 0 Å². The summed E-state index contributed by atoms with van der Waals surface area (Å²) in [6.45, 7) is 2.99. The minimum Gasteiger partial charge on any atom is -0.461 e. The molecule has 1 amide bonds. The smallest absolute Gasteiger partial charge is 0.407 e. The Morgan fingerprint density at radius 1 is 1.10 bits per heavy atom. The number of carbonyl (C=O) groups is 1. The van der Waals surface area contributed by atoms with Crippen molar-refractivity contribution in [1.29, 1.82) is 0 Å². The molecule has 3 fully saturated rings. The van der Waals surface area contributed by atoms with E-state index >= 15 is 13.2 Å². The molecule has 48 heavy (non-hydrogen) atoms. The molecule has 4 atom stereocenters. The van der Waals surface area contributed by atoms with Crippen LogP contribution in [0, 0.1) is 11.6 Å². The molecule has 2 aromatic heterocycles. The average molecular weight is 667 g/mol. The van der Waals surface area contributed by atoms with Crippen LogP contribution in [-0.2, 0) is 11.2 Å². The Kier molecular flexibility index (Phi) is 7.57. The van der Waals surface area contributed by atoms with E-state index in [1.807, 2.05) is 6.07 Å². The van der Waals surface area contributed by atoms with Gasteiger partial charge in [0.15, 0.2) is 5.82 Å². The van der Waals surface area contributed by atoms with Crippen LogP contribution < -0.4 is 15.0 Å². The Balaban J connectivity index is 0.00000378. The number of nitrogens with zero attached hydrogens (tertiary/aromatic N) is 5. The van der Waals surface area contributed by atoms with Gasteiger partial charge in [-0.25, -0.2) is 22.4 Å². The van der Waals surface area contributed by atoms with Crippen LogP contribution in [0.25, 0.3) is 32.9 Å². The van der Waals surface area contributed by atoms with Crippen molar-refractivity contribution >= 4 is 33.6 Å². The molecule has 0 spiro atoms. The van der Waals surface area contributed by atoms with Gasteiger partial charge in [0.05, 0.1) is 29.6 Å². The normalized spacial score (nSPS) is 27.7. The number of halogens is 4. The number of nitrogens with one attached hydrogen (secondary N) is 1. The lowest BCUT2D eigenvalue weighted by molar-refractivity contribution is 0.107. The molecule has 9 rings (SSSR count). The van der Waals surface area contributed by atoms with E-state index in [1.165, 1.54) is 12.3 Å². The predicted molar refractivity (Wildman–Crippen MR) is 174 cm³/mol. The third kappa shape index (κ3) is 5.36. The van der Waals surface area contributed by atoms with Crippen LogP contribution in [0.2, 0.25) is 0 Å². The number of aromatic nitrogens is 3. The quantitative estimate of drug-likeness (QED) is 0.255. The second-order valence-corrected chi connectivity index (χ2v) is 13.9. The van der Waals surface area contributed by atoms with E-state index in [1.54, 1.807) is 30.0 Å². The number of fused-ring (bicyclic) bond motifs is 7. The summed E-state index contributed by atoms with van der Waals surface area (Å²) in [4.78, 5) is 30.4. The number of carbonyl (C=O) groups excluding carboxylic acids is 1. The van der Waals surface area contributed by atoms with Gasteiger partial charge < -0.3 is 19.7 Å². The van der Waals surface area contributed by atoms with Crippen molar-refractivity contribution in [3.8, 4) is 17.3 Å². The molecule has 3 saturated heterocycles. The maximum absolute atomic E-state index is 16.9. The van der Waals surface area contributed by atoms with Gasteiger partial charge in [0.1, 0.15) is 41.8 Å². The second kappa shape index (κ2) is 11.7. The van der Waals surface area contributed by atoms with Gasteiger partial charge in [0.2, 0.25) is 0 Å².